The van der Waals surface area contributed by atoms with Gasteiger partial charge < -0.3 is 15.2 Å². The Bertz CT molecular complexity index is 743. The van der Waals surface area contributed by atoms with Crippen LogP contribution in [0.5, 0.6) is 11.5 Å². The summed E-state index contributed by atoms with van der Waals surface area (Å²) in [7, 11) is 0. The fourth-order valence-corrected chi connectivity index (χ4v) is 2.51. The molecule has 0 fully saturated rings. The molecule has 2 amide bonds. The maximum absolute atomic E-state index is 12.3. The van der Waals surface area contributed by atoms with E-state index in [0.29, 0.717) is 24.6 Å². The SMILES string of the molecule is O=C(CN1C(=O)CCOc2ccccc21)NCc1ccc(O)cc1. The highest BCUT2D eigenvalue weighted by molar-refractivity contribution is 6.00. The van der Waals surface area contributed by atoms with Crippen molar-refractivity contribution < 1.29 is 19.4 Å². The monoisotopic (exact) mass is 326 g/mol. The second-order valence-corrected chi connectivity index (χ2v) is 5.49. The molecule has 2 aromatic carbocycles. The highest BCUT2D eigenvalue weighted by atomic mass is 16.5. The topological polar surface area (TPSA) is 78.9 Å². The molecule has 24 heavy (non-hydrogen) atoms. The van der Waals surface area contributed by atoms with E-state index >= 15 is 0 Å². The van der Waals surface area contributed by atoms with Gasteiger partial charge >= 0.3 is 0 Å². The van der Waals surface area contributed by atoms with Gasteiger partial charge in [-0.05, 0) is 29.8 Å². The van der Waals surface area contributed by atoms with E-state index in [0.717, 1.165) is 5.56 Å². The summed E-state index contributed by atoms with van der Waals surface area (Å²) >= 11 is 0. The standard InChI is InChI=1S/C18H18N2O4/c21-14-7-5-13(6-8-14)11-19-17(22)12-20-15-3-1-2-4-16(15)24-10-9-18(20)23/h1-8,21H,9-12H2,(H,19,22). The Balaban J connectivity index is 1.66. The van der Waals surface area contributed by atoms with E-state index in [4.69, 9.17) is 4.74 Å². The maximum atomic E-state index is 12.3. The van der Waals surface area contributed by atoms with Gasteiger partial charge in [-0.15, -0.1) is 0 Å². The van der Waals surface area contributed by atoms with E-state index in [9.17, 15) is 14.7 Å². The molecule has 2 N–H and O–H groups in total. The first-order valence-electron chi connectivity index (χ1n) is 7.70. The third-order valence-electron chi connectivity index (χ3n) is 3.76. The molecule has 0 spiro atoms. The van der Waals surface area contributed by atoms with Gasteiger partial charge in [-0.3, -0.25) is 14.5 Å². The summed E-state index contributed by atoms with van der Waals surface area (Å²) in [4.78, 5) is 25.9. The number of nitrogens with one attached hydrogen (secondary N) is 1. The first-order valence-corrected chi connectivity index (χ1v) is 7.70. The molecule has 3 rings (SSSR count). The number of phenols is 1. The van der Waals surface area contributed by atoms with Gasteiger partial charge in [-0.2, -0.15) is 0 Å². The number of ether oxygens (including phenoxy) is 1. The van der Waals surface area contributed by atoms with Gasteiger partial charge in [0.1, 0.15) is 18.0 Å². The van der Waals surface area contributed by atoms with Crippen molar-refractivity contribution in [2.75, 3.05) is 18.1 Å². The number of hydrogen-bond acceptors (Lipinski definition) is 4. The van der Waals surface area contributed by atoms with Crippen LogP contribution in [0.3, 0.4) is 0 Å². The molecule has 0 aromatic heterocycles. The zero-order chi connectivity index (χ0) is 16.9. The van der Waals surface area contributed by atoms with Crippen molar-refractivity contribution in [2.45, 2.75) is 13.0 Å². The summed E-state index contributed by atoms with van der Waals surface area (Å²) < 4.78 is 5.55. The van der Waals surface area contributed by atoms with Gasteiger partial charge in [-0.25, -0.2) is 0 Å². The number of carbonyl (C=O) groups is 2. The quantitative estimate of drug-likeness (QED) is 0.898. The molecule has 0 bridgehead atoms. The molecule has 6 nitrogen and oxygen atoms in total. The summed E-state index contributed by atoms with van der Waals surface area (Å²) in [6.07, 6.45) is 0.236. The number of fused-ring (bicyclic) bond motifs is 1. The highest BCUT2D eigenvalue weighted by Gasteiger charge is 2.24. The van der Waals surface area contributed by atoms with Crippen LogP contribution >= 0.6 is 0 Å². The van der Waals surface area contributed by atoms with Gasteiger partial charge in [0.2, 0.25) is 11.8 Å². The van der Waals surface area contributed by atoms with E-state index in [1.54, 1.807) is 36.4 Å². The summed E-state index contributed by atoms with van der Waals surface area (Å²) in [5, 5.41) is 12.0. The van der Waals surface area contributed by atoms with Crippen molar-refractivity contribution in [1.82, 2.24) is 5.32 Å². The molecule has 124 valence electrons. The molecule has 1 aliphatic heterocycles. The number of carbonyl (C=O) groups excluding carboxylic acids is 2. The Morgan fingerprint density at radius 1 is 1.17 bits per heavy atom. The van der Waals surface area contributed by atoms with E-state index in [-0.39, 0.29) is 30.5 Å². The van der Waals surface area contributed by atoms with Crippen LogP contribution in [0.15, 0.2) is 48.5 Å². The fourth-order valence-electron chi connectivity index (χ4n) is 2.51. The highest BCUT2D eigenvalue weighted by Crippen LogP contribution is 2.30. The lowest BCUT2D eigenvalue weighted by Gasteiger charge is -2.21. The molecule has 0 saturated heterocycles. The van der Waals surface area contributed by atoms with Crippen LogP contribution in [0.25, 0.3) is 0 Å². The Morgan fingerprint density at radius 3 is 2.71 bits per heavy atom. The molecular weight excluding hydrogens is 308 g/mol. The lowest BCUT2D eigenvalue weighted by molar-refractivity contribution is -0.124. The summed E-state index contributed by atoms with van der Waals surface area (Å²) in [5.41, 5.74) is 1.48. The zero-order valence-corrected chi connectivity index (χ0v) is 13.1. The number of hydrogen-bond donors (Lipinski definition) is 2. The van der Waals surface area contributed by atoms with E-state index in [1.807, 2.05) is 12.1 Å². The van der Waals surface area contributed by atoms with Crippen LogP contribution in [0.2, 0.25) is 0 Å². The minimum Gasteiger partial charge on any atom is -0.508 e. The summed E-state index contributed by atoms with van der Waals surface area (Å²) in [6.45, 7) is 0.581. The Labute approximate surface area is 139 Å². The van der Waals surface area contributed by atoms with E-state index in [2.05, 4.69) is 5.32 Å². The van der Waals surface area contributed by atoms with Crippen molar-refractivity contribution in [3.63, 3.8) is 0 Å². The first-order chi connectivity index (χ1) is 11.6. The predicted molar refractivity (Wildman–Crippen MR) is 88.9 cm³/mol. The zero-order valence-electron chi connectivity index (χ0n) is 13.1. The molecule has 1 aliphatic rings. The molecule has 6 heteroatoms. The van der Waals surface area contributed by atoms with E-state index < -0.39 is 0 Å². The van der Waals surface area contributed by atoms with Crippen LogP contribution in [0.4, 0.5) is 5.69 Å². The van der Waals surface area contributed by atoms with Crippen LogP contribution in [0.1, 0.15) is 12.0 Å². The smallest absolute Gasteiger partial charge is 0.240 e. The number of amides is 2. The third-order valence-corrected chi connectivity index (χ3v) is 3.76. The van der Waals surface area contributed by atoms with Crippen molar-refractivity contribution in [3.05, 3.63) is 54.1 Å². The van der Waals surface area contributed by atoms with Crippen molar-refractivity contribution in [3.8, 4) is 11.5 Å². The number of nitrogens with zero attached hydrogens (tertiary/aromatic N) is 1. The largest absolute Gasteiger partial charge is 0.508 e. The molecule has 0 saturated carbocycles. The van der Waals surface area contributed by atoms with Crippen LogP contribution < -0.4 is 15.0 Å². The summed E-state index contributed by atoms with van der Waals surface area (Å²) in [5.74, 6) is 0.388. The normalized spacial score (nSPS) is 13.7. The number of aromatic hydroxyl groups is 1. The number of para-hydroxylation sites is 2. The number of benzene rings is 2. The fraction of sp³-hybridized carbons (Fsp3) is 0.222. The molecule has 0 atom stereocenters. The average molecular weight is 326 g/mol. The third kappa shape index (κ3) is 3.65. The Morgan fingerprint density at radius 2 is 1.92 bits per heavy atom. The molecule has 1 heterocycles. The molecule has 0 radical (unpaired) electrons. The lowest BCUT2D eigenvalue weighted by Crippen LogP contribution is -2.40. The van der Waals surface area contributed by atoms with Gasteiger partial charge in [0.25, 0.3) is 0 Å². The second kappa shape index (κ2) is 7.04. The number of rotatable bonds is 4. The van der Waals surface area contributed by atoms with Crippen LogP contribution in [0, 0.1) is 0 Å². The molecule has 0 unspecified atom stereocenters. The van der Waals surface area contributed by atoms with Gasteiger partial charge in [0.05, 0.1) is 18.7 Å². The average Bonchev–Trinajstić information content (AvgIpc) is 2.74. The lowest BCUT2D eigenvalue weighted by atomic mass is 10.2. The molecular formula is C18H18N2O4. The van der Waals surface area contributed by atoms with Crippen molar-refractivity contribution >= 4 is 17.5 Å². The van der Waals surface area contributed by atoms with Crippen molar-refractivity contribution in [1.29, 1.82) is 0 Å². The van der Waals surface area contributed by atoms with Gasteiger partial charge in [-0.1, -0.05) is 24.3 Å². The maximum Gasteiger partial charge on any atom is 0.240 e. The van der Waals surface area contributed by atoms with Crippen LogP contribution in [-0.2, 0) is 16.1 Å². The number of anilines is 1. The molecule has 0 aliphatic carbocycles. The van der Waals surface area contributed by atoms with Crippen molar-refractivity contribution in [2.24, 2.45) is 0 Å². The summed E-state index contributed by atoms with van der Waals surface area (Å²) in [6, 6.07) is 13.8. The Hall–Kier alpha value is -3.02. The minimum atomic E-state index is -0.256. The second-order valence-electron chi connectivity index (χ2n) is 5.49. The molecule has 2 aromatic rings. The van der Waals surface area contributed by atoms with Gasteiger partial charge in [0, 0.05) is 6.54 Å². The Kier molecular flexibility index (Phi) is 4.65. The predicted octanol–water partition coefficient (Wildman–Crippen LogP) is 1.82. The van der Waals surface area contributed by atoms with E-state index in [1.165, 1.54) is 4.90 Å². The minimum absolute atomic E-state index is 0.0582. The number of phenolic OH excluding ortho intramolecular Hbond substituents is 1. The van der Waals surface area contributed by atoms with Crippen LogP contribution in [-0.4, -0.2) is 30.1 Å². The first kappa shape index (κ1) is 15.9. The van der Waals surface area contributed by atoms with Gasteiger partial charge in [0.15, 0.2) is 0 Å².